The number of halogens is 3. The molecule has 0 aliphatic carbocycles. The van der Waals surface area contributed by atoms with Gasteiger partial charge >= 0.3 is 6.18 Å². The highest BCUT2D eigenvalue weighted by Gasteiger charge is 2.32. The van der Waals surface area contributed by atoms with Crippen molar-refractivity contribution in [3.63, 3.8) is 0 Å². The Morgan fingerprint density at radius 2 is 1.96 bits per heavy atom. The zero-order valence-electron chi connectivity index (χ0n) is 13.8. The second-order valence-electron chi connectivity index (χ2n) is 6.19. The van der Waals surface area contributed by atoms with Crippen LogP contribution in [0.1, 0.15) is 30.0 Å². The van der Waals surface area contributed by atoms with Crippen LogP contribution in [-0.2, 0) is 10.9 Å². The maximum Gasteiger partial charge on any atom is 0.416 e. The largest absolute Gasteiger partial charge is 0.451 e. The zero-order valence-corrected chi connectivity index (χ0v) is 13.8. The summed E-state index contributed by atoms with van der Waals surface area (Å²) in [6, 6.07) is 7.74. The highest BCUT2D eigenvalue weighted by Crippen LogP contribution is 2.33. The van der Waals surface area contributed by atoms with Crippen molar-refractivity contribution in [2.45, 2.75) is 32.2 Å². The van der Waals surface area contributed by atoms with E-state index in [9.17, 15) is 18.0 Å². The molecule has 1 aliphatic heterocycles. The van der Waals surface area contributed by atoms with Gasteiger partial charge in [0.25, 0.3) is 5.91 Å². The molecule has 0 spiro atoms. The number of carbonyl (C=O) groups is 1. The third-order valence-corrected chi connectivity index (χ3v) is 4.16. The van der Waals surface area contributed by atoms with Crippen molar-refractivity contribution in [3.05, 3.63) is 47.7 Å². The van der Waals surface area contributed by atoms with Crippen molar-refractivity contribution in [1.29, 1.82) is 0 Å². The molecule has 2 heterocycles. The Balaban J connectivity index is 1.84. The van der Waals surface area contributed by atoms with Crippen molar-refractivity contribution in [1.82, 2.24) is 4.90 Å². The quantitative estimate of drug-likeness (QED) is 0.812. The molecule has 2 atom stereocenters. The highest BCUT2D eigenvalue weighted by molar-refractivity contribution is 5.92. The number of hydrogen-bond donors (Lipinski definition) is 0. The van der Waals surface area contributed by atoms with Crippen LogP contribution in [0.2, 0.25) is 0 Å². The average Bonchev–Trinajstić information content (AvgIpc) is 3.06. The fraction of sp³-hybridized carbons (Fsp3) is 0.389. The molecule has 7 heteroatoms. The van der Waals surface area contributed by atoms with E-state index in [2.05, 4.69) is 0 Å². The summed E-state index contributed by atoms with van der Waals surface area (Å²) >= 11 is 0. The van der Waals surface area contributed by atoms with E-state index in [1.54, 1.807) is 4.90 Å². The van der Waals surface area contributed by atoms with Crippen molar-refractivity contribution < 1.29 is 27.1 Å². The minimum Gasteiger partial charge on any atom is -0.451 e. The van der Waals surface area contributed by atoms with Crippen molar-refractivity contribution in [2.75, 3.05) is 13.2 Å². The summed E-state index contributed by atoms with van der Waals surface area (Å²) in [7, 11) is 0. The minimum atomic E-state index is -4.43. The van der Waals surface area contributed by atoms with Crippen LogP contribution in [0, 0.1) is 0 Å². The molecule has 1 aromatic carbocycles. The first-order chi connectivity index (χ1) is 11.8. The Labute approximate surface area is 143 Å². The van der Waals surface area contributed by atoms with Gasteiger partial charge in [-0.25, -0.2) is 0 Å². The van der Waals surface area contributed by atoms with Gasteiger partial charge in [-0.2, -0.15) is 13.2 Å². The van der Waals surface area contributed by atoms with E-state index in [-0.39, 0.29) is 35.1 Å². The molecule has 0 radical (unpaired) electrons. The molecule has 1 aliphatic rings. The second kappa shape index (κ2) is 6.55. The summed E-state index contributed by atoms with van der Waals surface area (Å²) < 4.78 is 49.5. The minimum absolute atomic E-state index is 0.0713. The van der Waals surface area contributed by atoms with Gasteiger partial charge in [0.2, 0.25) is 0 Å². The monoisotopic (exact) mass is 353 g/mol. The summed E-state index contributed by atoms with van der Waals surface area (Å²) in [5.74, 6) is 0.0395. The summed E-state index contributed by atoms with van der Waals surface area (Å²) in [5.41, 5.74) is -0.484. The molecule has 25 heavy (non-hydrogen) atoms. The third kappa shape index (κ3) is 3.71. The summed E-state index contributed by atoms with van der Waals surface area (Å²) in [4.78, 5) is 14.3. The zero-order chi connectivity index (χ0) is 18.2. The van der Waals surface area contributed by atoms with Gasteiger partial charge in [-0.15, -0.1) is 0 Å². The van der Waals surface area contributed by atoms with E-state index in [1.807, 2.05) is 13.8 Å². The van der Waals surface area contributed by atoms with Crippen LogP contribution >= 0.6 is 0 Å². The van der Waals surface area contributed by atoms with Gasteiger partial charge in [0.05, 0.1) is 24.3 Å². The molecule has 2 aromatic rings. The number of rotatable bonds is 2. The molecule has 3 rings (SSSR count). The fourth-order valence-corrected chi connectivity index (χ4v) is 2.78. The van der Waals surface area contributed by atoms with E-state index in [4.69, 9.17) is 9.15 Å². The Morgan fingerprint density at radius 1 is 1.20 bits per heavy atom. The molecule has 2 unspecified atom stereocenters. The second-order valence-corrected chi connectivity index (χ2v) is 6.19. The lowest BCUT2D eigenvalue weighted by Gasteiger charge is -2.36. The van der Waals surface area contributed by atoms with Gasteiger partial charge in [0, 0.05) is 12.1 Å². The predicted molar refractivity (Wildman–Crippen MR) is 85.1 cm³/mol. The normalized spacial score (nSPS) is 21.4. The van der Waals surface area contributed by atoms with E-state index in [0.29, 0.717) is 13.2 Å². The Morgan fingerprint density at radius 3 is 2.68 bits per heavy atom. The van der Waals surface area contributed by atoms with Gasteiger partial charge in [0.15, 0.2) is 5.76 Å². The molecular formula is C18H18F3NO3. The lowest BCUT2D eigenvalue weighted by atomic mass is 10.1. The van der Waals surface area contributed by atoms with Gasteiger partial charge in [-0.1, -0.05) is 12.1 Å². The van der Waals surface area contributed by atoms with Gasteiger partial charge < -0.3 is 14.1 Å². The van der Waals surface area contributed by atoms with Crippen LogP contribution in [0.25, 0.3) is 11.3 Å². The number of nitrogens with zero attached hydrogens (tertiary/aromatic N) is 1. The summed E-state index contributed by atoms with van der Waals surface area (Å²) in [5, 5.41) is 0. The first-order valence-electron chi connectivity index (χ1n) is 7.95. The predicted octanol–water partition coefficient (Wildman–Crippen LogP) is 4.21. The number of benzene rings is 1. The smallest absolute Gasteiger partial charge is 0.416 e. The lowest BCUT2D eigenvalue weighted by Crippen LogP contribution is -2.50. The van der Waals surface area contributed by atoms with Crippen LogP contribution in [0.5, 0.6) is 0 Å². The molecule has 1 aromatic heterocycles. The maximum atomic E-state index is 12.8. The molecule has 1 fully saturated rings. The van der Waals surface area contributed by atoms with Gasteiger partial charge in [-0.05, 0) is 38.1 Å². The molecule has 4 nitrogen and oxygen atoms in total. The van der Waals surface area contributed by atoms with E-state index >= 15 is 0 Å². The van der Waals surface area contributed by atoms with Crippen LogP contribution in [0.3, 0.4) is 0 Å². The number of ether oxygens (including phenoxy) is 1. The fourth-order valence-electron chi connectivity index (χ4n) is 2.78. The van der Waals surface area contributed by atoms with E-state index in [0.717, 1.165) is 12.1 Å². The molecule has 0 N–H and O–H groups in total. The van der Waals surface area contributed by atoms with E-state index in [1.165, 1.54) is 24.3 Å². The molecule has 0 bridgehead atoms. The molecular weight excluding hydrogens is 335 g/mol. The van der Waals surface area contributed by atoms with Gasteiger partial charge in [-0.3, -0.25) is 4.79 Å². The Hall–Kier alpha value is -2.28. The number of morpholine rings is 1. The van der Waals surface area contributed by atoms with Crippen LogP contribution in [-0.4, -0.2) is 36.1 Å². The van der Waals surface area contributed by atoms with E-state index < -0.39 is 11.7 Å². The van der Waals surface area contributed by atoms with Crippen LogP contribution in [0.15, 0.2) is 40.8 Å². The number of furan rings is 1. The van der Waals surface area contributed by atoms with Crippen LogP contribution in [0.4, 0.5) is 13.2 Å². The number of carbonyl (C=O) groups excluding carboxylic acids is 1. The lowest BCUT2D eigenvalue weighted by molar-refractivity contribution is -0.137. The Bertz CT molecular complexity index is 769. The maximum absolute atomic E-state index is 12.8. The van der Waals surface area contributed by atoms with Crippen molar-refractivity contribution in [2.24, 2.45) is 0 Å². The molecule has 134 valence electrons. The molecule has 1 amide bonds. The third-order valence-electron chi connectivity index (χ3n) is 4.16. The first-order valence-corrected chi connectivity index (χ1v) is 7.95. The number of alkyl halides is 3. The highest BCUT2D eigenvalue weighted by atomic mass is 19.4. The van der Waals surface area contributed by atoms with Crippen LogP contribution < -0.4 is 0 Å². The summed E-state index contributed by atoms with van der Waals surface area (Å²) in [6.45, 7) is 4.64. The Kier molecular flexibility index (Phi) is 4.60. The SMILES string of the molecule is CC1CN(C(=O)c2ccc(-c3cccc(C(F)(F)F)c3)o2)C(C)CO1. The number of amides is 1. The standard InChI is InChI=1S/C18H18F3NO3/c1-11-10-24-12(2)9-22(11)17(23)16-7-6-15(25-16)13-4-3-5-14(8-13)18(19,20)21/h3-8,11-12H,9-10H2,1-2H3. The first kappa shape index (κ1) is 17.5. The average molecular weight is 353 g/mol. The topological polar surface area (TPSA) is 42.7 Å². The van der Waals surface area contributed by atoms with Crippen molar-refractivity contribution in [3.8, 4) is 11.3 Å². The molecule has 1 saturated heterocycles. The van der Waals surface area contributed by atoms with Gasteiger partial charge in [0.1, 0.15) is 5.76 Å². The van der Waals surface area contributed by atoms with Crippen molar-refractivity contribution >= 4 is 5.91 Å². The molecule has 0 saturated carbocycles. The summed E-state index contributed by atoms with van der Waals surface area (Å²) in [6.07, 6.45) is -4.50. The number of hydrogen-bond acceptors (Lipinski definition) is 3.